The molecule has 8 nitrogen and oxygen atoms in total. The van der Waals surface area contributed by atoms with Gasteiger partial charge in [0.25, 0.3) is 0 Å². The van der Waals surface area contributed by atoms with Gasteiger partial charge in [-0.15, -0.1) is 0 Å². The van der Waals surface area contributed by atoms with Gasteiger partial charge in [-0.2, -0.15) is 0 Å². The number of amides is 1. The highest BCUT2D eigenvalue weighted by molar-refractivity contribution is 6.06. The van der Waals surface area contributed by atoms with Gasteiger partial charge in [0.05, 0.1) is 13.2 Å². The molecular weight excluding hydrogens is 276 g/mol. The van der Waals surface area contributed by atoms with E-state index in [0.29, 0.717) is 45.8 Å². The fourth-order valence-electron chi connectivity index (χ4n) is 2.17. The number of amidine groups is 1. The molecule has 0 aromatic carbocycles. The molecule has 0 aromatic heterocycles. The molecule has 0 aliphatic carbocycles. The first kappa shape index (κ1) is 17.7. The summed E-state index contributed by atoms with van der Waals surface area (Å²) in [6.45, 7) is 3.11. The van der Waals surface area contributed by atoms with Gasteiger partial charge in [0.2, 0.25) is 5.91 Å². The minimum Gasteiger partial charge on any atom is -0.409 e. The predicted molar refractivity (Wildman–Crippen MR) is 78.3 cm³/mol. The third kappa shape index (κ3) is 5.14. The van der Waals surface area contributed by atoms with Crippen molar-refractivity contribution >= 4 is 11.7 Å². The van der Waals surface area contributed by atoms with E-state index < -0.39 is 5.41 Å². The third-order valence-corrected chi connectivity index (χ3v) is 3.59. The maximum Gasteiger partial charge on any atom is 0.234 e. The first-order valence-corrected chi connectivity index (χ1v) is 7.09. The predicted octanol–water partition coefficient (Wildman–Crippen LogP) is -0.776. The van der Waals surface area contributed by atoms with Crippen molar-refractivity contribution in [3.63, 3.8) is 0 Å². The summed E-state index contributed by atoms with van der Waals surface area (Å²) in [5.74, 6) is -0.297. The summed E-state index contributed by atoms with van der Waals surface area (Å²) in [5, 5.41) is 14.7. The summed E-state index contributed by atoms with van der Waals surface area (Å²) in [7, 11) is 3.94. The number of nitrogens with one attached hydrogen (secondary N) is 1. The molecule has 0 radical (unpaired) electrons. The zero-order chi connectivity index (χ0) is 15.7. The zero-order valence-electron chi connectivity index (χ0n) is 12.8. The second-order valence-electron chi connectivity index (χ2n) is 5.35. The van der Waals surface area contributed by atoms with E-state index in [1.165, 1.54) is 0 Å². The molecule has 21 heavy (non-hydrogen) atoms. The molecule has 0 unspecified atom stereocenters. The van der Waals surface area contributed by atoms with Crippen LogP contribution in [0.2, 0.25) is 0 Å². The monoisotopic (exact) mass is 302 g/mol. The van der Waals surface area contributed by atoms with Crippen molar-refractivity contribution in [3.05, 3.63) is 0 Å². The Bertz CT molecular complexity index is 354. The lowest BCUT2D eigenvalue weighted by atomic mass is 9.78. The Morgan fingerprint density at radius 3 is 2.67 bits per heavy atom. The Morgan fingerprint density at radius 1 is 1.43 bits per heavy atom. The molecule has 0 saturated carbocycles. The highest BCUT2D eigenvalue weighted by Crippen LogP contribution is 2.31. The van der Waals surface area contributed by atoms with Crippen LogP contribution in [0.1, 0.15) is 12.8 Å². The molecular formula is C13H26N4O4. The summed E-state index contributed by atoms with van der Waals surface area (Å²) in [6.07, 6.45) is 0.826. The second kappa shape index (κ2) is 8.81. The summed E-state index contributed by atoms with van der Waals surface area (Å²) in [6, 6.07) is 0. The van der Waals surface area contributed by atoms with Crippen LogP contribution in [0.25, 0.3) is 0 Å². The molecule has 1 heterocycles. The van der Waals surface area contributed by atoms with E-state index in [1.54, 1.807) is 0 Å². The van der Waals surface area contributed by atoms with Gasteiger partial charge < -0.3 is 30.6 Å². The maximum atomic E-state index is 12.4. The number of nitrogens with zero attached hydrogens (tertiary/aromatic N) is 2. The molecule has 0 atom stereocenters. The molecule has 1 aliphatic heterocycles. The van der Waals surface area contributed by atoms with E-state index in [-0.39, 0.29) is 11.7 Å². The van der Waals surface area contributed by atoms with Crippen LogP contribution in [0.3, 0.4) is 0 Å². The first-order chi connectivity index (χ1) is 10.0. The second-order valence-corrected chi connectivity index (χ2v) is 5.35. The SMILES string of the molecule is CN(C)CCOCCNC(=O)C1(C(N)=NO)CCOCC1. The van der Waals surface area contributed by atoms with Gasteiger partial charge in [0, 0.05) is 26.3 Å². The molecule has 8 heteroatoms. The van der Waals surface area contributed by atoms with Crippen LogP contribution in [0, 0.1) is 5.41 Å². The largest absolute Gasteiger partial charge is 0.409 e. The molecule has 4 N–H and O–H groups in total. The average molecular weight is 302 g/mol. The van der Waals surface area contributed by atoms with Crippen LogP contribution >= 0.6 is 0 Å². The van der Waals surface area contributed by atoms with E-state index in [0.717, 1.165) is 6.54 Å². The van der Waals surface area contributed by atoms with Crippen molar-refractivity contribution in [2.75, 3.05) is 53.6 Å². The van der Waals surface area contributed by atoms with Gasteiger partial charge in [-0.3, -0.25) is 4.79 Å². The number of hydrogen-bond donors (Lipinski definition) is 3. The Labute approximate surface area is 125 Å². The molecule has 122 valence electrons. The number of likely N-dealkylation sites (N-methyl/N-ethyl adjacent to an activating group) is 1. The van der Waals surface area contributed by atoms with Crippen LogP contribution in [0.5, 0.6) is 0 Å². The van der Waals surface area contributed by atoms with Crippen molar-refractivity contribution < 1.29 is 19.5 Å². The summed E-state index contributed by atoms with van der Waals surface area (Å²) in [4.78, 5) is 14.4. The van der Waals surface area contributed by atoms with Gasteiger partial charge >= 0.3 is 0 Å². The van der Waals surface area contributed by atoms with Crippen LogP contribution in [-0.4, -0.2) is 75.5 Å². The smallest absolute Gasteiger partial charge is 0.234 e. The molecule has 0 spiro atoms. The lowest BCUT2D eigenvalue weighted by Crippen LogP contribution is -2.53. The number of oxime groups is 1. The summed E-state index contributed by atoms with van der Waals surface area (Å²) < 4.78 is 10.7. The summed E-state index contributed by atoms with van der Waals surface area (Å²) in [5.41, 5.74) is 4.74. The highest BCUT2D eigenvalue weighted by Gasteiger charge is 2.44. The number of rotatable bonds is 8. The van der Waals surface area contributed by atoms with Gasteiger partial charge in [-0.1, -0.05) is 5.16 Å². The molecule has 1 aliphatic rings. The van der Waals surface area contributed by atoms with Gasteiger partial charge in [0.15, 0.2) is 5.84 Å². The average Bonchev–Trinajstić information content (AvgIpc) is 2.49. The van der Waals surface area contributed by atoms with E-state index in [4.69, 9.17) is 20.4 Å². The molecule has 1 amide bonds. The summed E-state index contributed by atoms with van der Waals surface area (Å²) >= 11 is 0. The lowest BCUT2D eigenvalue weighted by Gasteiger charge is -2.34. The van der Waals surface area contributed by atoms with Crippen LogP contribution in [0.4, 0.5) is 0 Å². The lowest BCUT2D eigenvalue weighted by molar-refractivity contribution is -0.131. The van der Waals surface area contributed by atoms with Crippen LogP contribution < -0.4 is 11.1 Å². The van der Waals surface area contributed by atoms with Crippen LogP contribution in [-0.2, 0) is 14.3 Å². The Hall–Kier alpha value is -1.38. The van der Waals surface area contributed by atoms with Crippen molar-refractivity contribution in [1.82, 2.24) is 10.2 Å². The van der Waals surface area contributed by atoms with Crippen molar-refractivity contribution in [2.24, 2.45) is 16.3 Å². The van der Waals surface area contributed by atoms with E-state index in [9.17, 15) is 4.79 Å². The third-order valence-electron chi connectivity index (χ3n) is 3.59. The fourth-order valence-corrected chi connectivity index (χ4v) is 2.17. The number of nitrogens with two attached hydrogens (primary N) is 1. The number of ether oxygens (including phenoxy) is 2. The minimum atomic E-state index is -0.976. The molecule has 1 saturated heterocycles. The maximum absolute atomic E-state index is 12.4. The van der Waals surface area contributed by atoms with Gasteiger partial charge in [-0.05, 0) is 26.9 Å². The number of carbonyl (C=O) groups is 1. The van der Waals surface area contributed by atoms with Crippen molar-refractivity contribution in [2.45, 2.75) is 12.8 Å². The van der Waals surface area contributed by atoms with E-state index in [1.807, 2.05) is 19.0 Å². The molecule has 0 aromatic rings. The number of hydrogen-bond acceptors (Lipinski definition) is 6. The molecule has 1 rings (SSSR count). The number of carbonyl (C=O) groups excluding carboxylic acids is 1. The van der Waals surface area contributed by atoms with Crippen LogP contribution in [0.15, 0.2) is 5.16 Å². The Morgan fingerprint density at radius 2 is 2.10 bits per heavy atom. The Balaban J connectivity index is 2.40. The zero-order valence-corrected chi connectivity index (χ0v) is 12.8. The highest BCUT2D eigenvalue weighted by atomic mass is 16.5. The van der Waals surface area contributed by atoms with E-state index in [2.05, 4.69) is 10.5 Å². The quantitative estimate of drug-likeness (QED) is 0.178. The molecule has 0 bridgehead atoms. The minimum absolute atomic E-state index is 0.0585. The van der Waals surface area contributed by atoms with Gasteiger partial charge in [0.1, 0.15) is 5.41 Å². The first-order valence-electron chi connectivity index (χ1n) is 7.09. The van der Waals surface area contributed by atoms with Crippen molar-refractivity contribution in [1.29, 1.82) is 0 Å². The van der Waals surface area contributed by atoms with Crippen molar-refractivity contribution in [3.8, 4) is 0 Å². The normalized spacial score (nSPS) is 18.7. The standard InChI is InChI=1S/C13H26N4O4/c1-17(2)6-10-21-9-5-15-12(18)13(11(14)16-19)3-7-20-8-4-13/h19H,3-10H2,1-2H3,(H2,14,16)(H,15,18). The fraction of sp³-hybridized carbons (Fsp3) is 0.846. The van der Waals surface area contributed by atoms with Gasteiger partial charge in [-0.25, -0.2) is 0 Å². The molecule has 1 fully saturated rings. The Kier molecular flexibility index (Phi) is 7.41. The van der Waals surface area contributed by atoms with E-state index >= 15 is 0 Å². The topological polar surface area (TPSA) is 109 Å².